The van der Waals surface area contributed by atoms with E-state index in [1.54, 1.807) is 0 Å². The summed E-state index contributed by atoms with van der Waals surface area (Å²) >= 11 is 0. The average molecular weight is 1600 g/mol. The van der Waals surface area contributed by atoms with E-state index in [1.165, 1.54) is 32.1 Å². The fraction of sp³-hybridized carbons (Fsp3) is 0.167. The molecule has 25 nitrogen and oxygen atoms in total. The smallest absolute Gasteiger partial charge is 0.259 e. The van der Waals surface area contributed by atoms with Crippen molar-refractivity contribution in [2.75, 3.05) is 86.2 Å². The van der Waals surface area contributed by atoms with E-state index in [0.29, 0.717) is 85.8 Å². The second kappa shape index (κ2) is 32.7. The number of aryl methyl sites for hydroxylation is 1. The van der Waals surface area contributed by atoms with Gasteiger partial charge in [-0.1, -0.05) is 103 Å². The van der Waals surface area contributed by atoms with Gasteiger partial charge in [0.05, 0.1) is 67.7 Å². The SMILES string of the molecule is CN(C)c1ccc2nc(-c3c[nH]c4ccccc34)[nH]c(=O)c2c1.Cc1ccc2nc(-c3c[nH]c4ccccc34)[nH]c(=O)c2c1.O=c1[nH]c(-c2c[nH]c3ccccc23)nc2ccc(N3CCCC3)cc12.O=c1[nH]c(-c2c[nH]c3ccccc23)nc2ccc(N3CCCCC3)cc12.O=c1[nH]c(-c2c[nH]c3ccccc23)nc2ccc(N3CCOCC3)cc12. The van der Waals surface area contributed by atoms with Crippen LogP contribution in [0.3, 0.4) is 0 Å². The summed E-state index contributed by atoms with van der Waals surface area (Å²) in [5, 5.41) is 8.37. The van der Waals surface area contributed by atoms with Gasteiger partial charge in [0.25, 0.3) is 27.8 Å². The van der Waals surface area contributed by atoms with E-state index >= 15 is 0 Å². The number of benzene rings is 10. The van der Waals surface area contributed by atoms with Crippen molar-refractivity contribution in [1.82, 2.24) is 74.8 Å². The highest BCUT2D eigenvalue weighted by Gasteiger charge is 2.21. The molecular formula is C96H85N19O6. The zero-order valence-electron chi connectivity index (χ0n) is 66.8. The molecule has 20 aromatic rings. The highest BCUT2D eigenvalue weighted by Crippen LogP contribution is 2.34. The van der Waals surface area contributed by atoms with Crippen molar-refractivity contribution in [2.45, 2.75) is 39.0 Å². The standard InChI is InChI=1S/C21H20N4O.C20H18N4O2.C20H18N4O.C18H16N4O.C17H13N3O/c26-21-16-12-14(25-10-4-1-5-11-25)8-9-19(16)23-20(24-21)17-13-22-18-7-3-2-6-15(17)18;25-20-15-11-13(24-7-9-26-10-8-24)5-6-18(15)22-19(23-20)16-12-21-17-4-2-1-3-14(16)17;25-20-15-11-13(24-9-3-4-10-24)7-8-18(15)22-19(23-20)16-12-21-17-6-2-1-5-14(16)17;1-22(2)11-7-8-16-13(9-11)18(23)21-17(20-16)14-10-19-15-6-4-3-5-12(14)15;1-10-6-7-15-12(8-10)17(21)20-16(19-15)13-9-18-14-5-3-2-4-11(13)14/h2-3,6-9,12-13,22H,1,4-5,10-11H2,(H,23,24,26);1-6,11-12,21H,7-10H2,(H,22,23,25);1-2,5-8,11-12,21H,3-4,9-10H2,(H,22,23,25);3-10,19H,1-2H3,(H,20,21,23);2-9,18H,1H3,(H,19,20,21). The maximum atomic E-state index is 12.7. The minimum atomic E-state index is -0.126. The van der Waals surface area contributed by atoms with Crippen LogP contribution in [0.5, 0.6) is 0 Å². The number of ether oxygens (including phenoxy) is 1. The lowest BCUT2D eigenvalue weighted by Gasteiger charge is -2.28. The van der Waals surface area contributed by atoms with Crippen molar-refractivity contribution in [1.29, 1.82) is 0 Å². The maximum absolute atomic E-state index is 12.7. The van der Waals surface area contributed by atoms with Crippen LogP contribution in [0.15, 0.2) is 267 Å². The van der Waals surface area contributed by atoms with Crippen LogP contribution in [0.2, 0.25) is 0 Å². The molecule has 0 aliphatic carbocycles. The third kappa shape index (κ3) is 15.3. The number of morpholine rings is 1. The molecule has 0 unspecified atom stereocenters. The number of fused-ring (bicyclic) bond motifs is 10. The largest absolute Gasteiger partial charge is 0.378 e. The fourth-order valence-electron chi connectivity index (χ4n) is 16.6. The first kappa shape index (κ1) is 75.8. The average Bonchev–Trinajstić information content (AvgIpc) is 1.78. The van der Waals surface area contributed by atoms with Crippen molar-refractivity contribution in [3.05, 3.63) is 301 Å². The number of nitrogens with zero attached hydrogens (tertiary/aromatic N) is 9. The predicted molar refractivity (Wildman–Crippen MR) is 488 cm³/mol. The Morgan fingerprint density at radius 2 is 0.554 bits per heavy atom. The number of aromatic amines is 10. The molecule has 3 fully saturated rings. The lowest BCUT2D eigenvalue weighted by Crippen LogP contribution is -2.36. The lowest BCUT2D eigenvalue weighted by molar-refractivity contribution is 0.122. The number of hydrogen-bond acceptors (Lipinski definition) is 15. The van der Waals surface area contributed by atoms with Gasteiger partial charge >= 0.3 is 0 Å². The highest BCUT2D eigenvalue weighted by atomic mass is 16.5. The summed E-state index contributed by atoms with van der Waals surface area (Å²) in [6.07, 6.45) is 15.6. The molecule has 10 N–H and O–H groups in total. The molecule has 600 valence electrons. The first-order valence-electron chi connectivity index (χ1n) is 40.7. The first-order valence-corrected chi connectivity index (χ1v) is 40.7. The lowest BCUT2D eigenvalue weighted by atomic mass is 10.1. The Labute approximate surface area is 690 Å². The Kier molecular flexibility index (Phi) is 20.5. The van der Waals surface area contributed by atoms with E-state index in [4.69, 9.17) is 19.7 Å². The zero-order valence-corrected chi connectivity index (χ0v) is 66.8. The number of aromatic nitrogens is 15. The maximum Gasteiger partial charge on any atom is 0.259 e. The second-order valence-corrected chi connectivity index (χ2v) is 30.9. The molecule has 3 aliphatic heterocycles. The molecule has 121 heavy (non-hydrogen) atoms. The van der Waals surface area contributed by atoms with Crippen LogP contribution < -0.4 is 47.4 Å². The molecule has 0 atom stereocenters. The molecule has 25 heteroatoms. The summed E-state index contributed by atoms with van der Waals surface area (Å²) in [6, 6.07) is 69.3. The molecule has 3 saturated heterocycles. The van der Waals surface area contributed by atoms with Gasteiger partial charge in [0.15, 0.2) is 0 Å². The van der Waals surface area contributed by atoms with Crippen LogP contribution in [0.1, 0.15) is 37.7 Å². The topological polar surface area (TPSA) is 330 Å². The van der Waals surface area contributed by atoms with Crippen molar-refractivity contribution < 1.29 is 4.74 Å². The Morgan fingerprint density at radius 1 is 0.289 bits per heavy atom. The third-order valence-corrected chi connectivity index (χ3v) is 22.9. The third-order valence-electron chi connectivity index (χ3n) is 22.9. The van der Waals surface area contributed by atoms with Gasteiger partial charge in [0, 0.05) is 189 Å². The van der Waals surface area contributed by atoms with Crippen LogP contribution in [0, 0.1) is 6.92 Å². The van der Waals surface area contributed by atoms with Gasteiger partial charge in [-0.05, 0) is 154 Å². The van der Waals surface area contributed by atoms with E-state index in [9.17, 15) is 24.0 Å². The second-order valence-electron chi connectivity index (χ2n) is 30.9. The molecule has 0 bridgehead atoms. The molecule has 13 heterocycles. The van der Waals surface area contributed by atoms with Gasteiger partial charge in [-0.15, -0.1) is 0 Å². The normalized spacial score (nSPS) is 13.6. The molecule has 0 amide bonds. The number of para-hydroxylation sites is 5. The van der Waals surface area contributed by atoms with Gasteiger partial charge in [0.1, 0.15) is 29.1 Å². The molecular weight excluding hydrogens is 1520 g/mol. The van der Waals surface area contributed by atoms with Gasteiger partial charge < -0.3 is 74.2 Å². The number of piperidine rings is 1. The number of hydrogen-bond donors (Lipinski definition) is 10. The molecule has 23 rings (SSSR count). The van der Waals surface area contributed by atoms with Crippen molar-refractivity contribution in [3.63, 3.8) is 0 Å². The fourth-order valence-corrected chi connectivity index (χ4v) is 16.6. The van der Waals surface area contributed by atoms with Gasteiger partial charge in [-0.25, -0.2) is 24.9 Å². The number of anilines is 4. The molecule has 10 aromatic carbocycles. The van der Waals surface area contributed by atoms with Crippen molar-refractivity contribution >= 4 is 132 Å². The van der Waals surface area contributed by atoms with Gasteiger partial charge in [-0.3, -0.25) is 24.0 Å². The summed E-state index contributed by atoms with van der Waals surface area (Å²) in [7, 11) is 3.90. The van der Waals surface area contributed by atoms with Crippen molar-refractivity contribution in [3.8, 4) is 56.9 Å². The van der Waals surface area contributed by atoms with E-state index in [1.807, 2.05) is 257 Å². The molecule has 0 radical (unpaired) electrons. The van der Waals surface area contributed by atoms with E-state index in [2.05, 4.69) is 86.6 Å². The van der Waals surface area contributed by atoms with Crippen LogP contribution in [-0.2, 0) is 4.74 Å². The zero-order chi connectivity index (χ0) is 82.2. The number of H-pyrrole nitrogens is 10. The molecule has 0 spiro atoms. The van der Waals surface area contributed by atoms with E-state index in [-0.39, 0.29) is 27.8 Å². The predicted octanol–water partition coefficient (Wildman–Crippen LogP) is 17.2. The highest BCUT2D eigenvalue weighted by molar-refractivity contribution is 6.00. The quantitative estimate of drug-likeness (QED) is 0.0642. The van der Waals surface area contributed by atoms with Crippen LogP contribution in [0.25, 0.3) is 166 Å². The summed E-state index contributed by atoms with van der Waals surface area (Å²) in [5.41, 5.74) is 18.0. The van der Waals surface area contributed by atoms with Crippen LogP contribution in [0.4, 0.5) is 22.7 Å². The van der Waals surface area contributed by atoms with Crippen LogP contribution in [-0.4, -0.2) is 141 Å². The minimum absolute atomic E-state index is 0.0888. The molecule has 3 aliphatic rings. The van der Waals surface area contributed by atoms with Crippen LogP contribution >= 0.6 is 0 Å². The van der Waals surface area contributed by atoms with Crippen molar-refractivity contribution in [2.24, 2.45) is 0 Å². The Balaban J connectivity index is 0.000000100. The number of rotatable bonds is 9. The minimum Gasteiger partial charge on any atom is -0.378 e. The summed E-state index contributed by atoms with van der Waals surface area (Å²) < 4.78 is 5.40. The van der Waals surface area contributed by atoms with Gasteiger partial charge in [-0.2, -0.15) is 0 Å². The van der Waals surface area contributed by atoms with E-state index in [0.717, 1.165) is 161 Å². The summed E-state index contributed by atoms with van der Waals surface area (Å²) in [4.78, 5) is 126. The Bertz CT molecular complexity index is 7440. The molecule has 10 aromatic heterocycles. The van der Waals surface area contributed by atoms with Gasteiger partial charge in [0.2, 0.25) is 0 Å². The Hall–Kier alpha value is -15.2. The monoisotopic (exact) mass is 1600 g/mol. The Morgan fingerprint density at radius 3 is 0.868 bits per heavy atom. The molecule has 0 saturated carbocycles. The van der Waals surface area contributed by atoms with E-state index < -0.39 is 0 Å². The first-order chi connectivity index (χ1) is 59.2. The number of nitrogens with one attached hydrogen (secondary N) is 10. The summed E-state index contributed by atoms with van der Waals surface area (Å²) in [6.45, 7) is 9.31. The summed E-state index contributed by atoms with van der Waals surface area (Å²) in [5.74, 6) is 2.96.